The minimum atomic E-state index is -3.56. The molecular weight excluding hydrogens is 476 g/mol. The molecule has 4 rings (SSSR count). The summed E-state index contributed by atoms with van der Waals surface area (Å²) in [6.07, 6.45) is 3.58. The molecule has 0 unspecified atom stereocenters. The van der Waals surface area contributed by atoms with E-state index in [2.05, 4.69) is 10.3 Å². The summed E-state index contributed by atoms with van der Waals surface area (Å²) in [5.74, 6) is -0.537. The van der Waals surface area contributed by atoms with Crippen LogP contribution < -0.4 is 11.1 Å². The average Bonchev–Trinajstić information content (AvgIpc) is 3.41. The van der Waals surface area contributed by atoms with E-state index in [1.807, 2.05) is 5.38 Å². The summed E-state index contributed by atoms with van der Waals surface area (Å²) in [5.41, 5.74) is 6.52. The van der Waals surface area contributed by atoms with Crippen LogP contribution in [0.2, 0.25) is 5.02 Å². The van der Waals surface area contributed by atoms with Crippen molar-refractivity contribution in [2.75, 3.05) is 18.4 Å². The van der Waals surface area contributed by atoms with E-state index in [9.17, 15) is 13.2 Å². The lowest BCUT2D eigenvalue weighted by Gasteiger charge is -2.31. The molecule has 3 aromatic rings. The zero-order valence-electron chi connectivity index (χ0n) is 16.5. The van der Waals surface area contributed by atoms with Gasteiger partial charge in [0.05, 0.1) is 0 Å². The van der Waals surface area contributed by atoms with Crippen molar-refractivity contribution >= 4 is 55.3 Å². The zero-order valence-corrected chi connectivity index (χ0v) is 19.7. The molecule has 31 heavy (non-hydrogen) atoms. The highest BCUT2D eigenvalue weighted by molar-refractivity contribution is 7.91. The summed E-state index contributed by atoms with van der Waals surface area (Å²) in [4.78, 5) is 16.7. The number of sulfonamides is 1. The Hall–Kier alpha value is -1.98. The van der Waals surface area contributed by atoms with E-state index in [0.29, 0.717) is 39.9 Å². The number of benzene rings is 1. The molecule has 7 nitrogen and oxygen atoms in total. The zero-order chi connectivity index (χ0) is 22.0. The molecule has 3 N–H and O–H groups in total. The fourth-order valence-corrected chi connectivity index (χ4v) is 7.37. The van der Waals surface area contributed by atoms with Gasteiger partial charge in [-0.15, -0.1) is 22.7 Å². The minimum Gasteiger partial charge on any atom is -0.366 e. The molecular formula is C20H21ClN4O3S3. The van der Waals surface area contributed by atoms with Gasteiger partial charge in [0.2, 0.25) is 5.91 Å². The van der Waals surface area contributed by atoms with Crippen LogP contribution in [0.4, 0.5) is 5.13 Å². The molecule has 1 aliphatic rings. The fourth-order valence-electron chi connectivity index (χ4n) is 3.57. The number of thiophene rings is 1. The molecule has 0 atom stereocenters. The van der Waals surface area contributed by atoms with Gasteiger partial charge in [-0.3, -0.25) is 4.79 Å². The van der Waals surface area contributed by atoms with Crippen LogP contribution in [-0.4, -0.2) is 42.7 Å². The standard InChI is InChI=1S/C20H21ClN4O3S3/c21-14-1-3-17(19(22)26)13(11-14)12-16-2-4-18(30-16)31(27,28)25-8-5-15(6-9-25)24-20-23-7-10-29-20/h1-4,7,10-11,15H,5-6,8-9,12H2,(H2,22,26)(H,23,24). The molecule has 0 radical (unpaired) electrons. The van der Waals surface area contributed by atoms with E-state index in [1.54, 1.807) is 36.5 Å². The third-order valence-electron chi connectivity index (χ3n) is 5.14. The number of nitrogens with one attached hydrogen (secondary N) is 1. The highest BCUT2D eigenvalue weighted by atomic mass is 35.5. The predicted molar refractivity (Wildman–Crippen MR) is 125 cm³/mol. The van der Waals surface area contributed by atoms with Gasteiger partial charge in [0, 0.05) is 52.6 Å². The highest BCUT2D eigenvalue weighted by Gasteiger charge is 2.30. The van der Waals surface area contributed by atoms with Gasteiger partial charge in [0.1, 0.15) is 4.21 Å². The normalized spacial score (nSPS) is 15.8. The molecule has 0 aliphatic carbocycles. The Morgan fingerprint density at radius 1 is 1.26 bits per heavy atom. The van der Waals surface area contributed by atoms with Gasteiger partial charge in [0.25, 0.3) is 10.0 Å². The van der Waals surface area contributed by atoms with Gasteiger partial charge in [-0.1, -0.05) is 11.6 Å². The molecule has 11 heteroatoms. The molecule has 2 aromatic heterocycles. The number of nitrogens with two attached hydrogens (primary N) is 1. The second kappa shape index (κ2) is 9.25. The van der Waals surface area contributed by atoms with E-state index in [0.717, 1.165) is 22.9 Å². The molecule has 1 aliphatic heterocycles. The first-order chi connectivity index (χ1) is 14.8. The quantitative estimate of drug-likeness (QED) is 0.517. The number of carbonyl (C=O) groups excluding carboxylic acids is 1. The number of rotatable bonds is 7. The fraction of sp³-hybridized carbons (Fsp3) is 0.300. The van der Waals surface area contributed by atoms with Crippen molar-refractivity contribution in [3.63, 3.8) is 0 Å². The van der Waals surface area contributed by atoms with Gasteiger partial charge < -0.3 is 11.1 Å². The Kier molecular flexibility index (Phi) is 6.63. The monoisotopic (exact) mass is 496 g/mol. The van der Waals surface area contributed by atoms with Crippen LogP contribution in [0.1, 0.15) is 33.6 Å². The Bertz CT molecular complexity index is 1170. The van der Waals surface area contributed by atoms with Crippen LogP contribution in [0.3, 0.4) is 0 Å². The number of hydrogen-bond donors (Lipinski definition) is 2. The topological polar surface area (TPSA) is 105 Å². The van der Waals surface area contributed by atoms with Gasteiger partial charge in [-0.2, -0.15) is 4.31 Å². The number of amides is 1. The van der Waals surface area contributed by atoms with E-state index < -0.39 is 15.9 Å². The summed E-state index contributed by atoms with van der Waals surface area (Å²) in [6.45, 7) is 0.914. The summed E-state index contributed by atoms with van der Waals surface area (Å²) in [6, 6.07) is 8.52. The van der Waals surface area contributed by atoms with E-state index >= 15 is 0 Å². The summed E-state index contributed by atoms with van der Waals surface area (Å²) >= 11 is 8.81. The van der Waals surface area contributed by atoms with Gasteiger partial charge in [-0.25, -0.2) is 13.4 Å². The summed E-state index contributed by atoms with van der Waals surface area (Å²) in [7, 11) is -3.56. The third-order valence-corrected chi connectivity index (χ3v) is 9.53. The number of primary amides is 1. The van der Waals surface area contributed by atoms with Crippen molar-refractivity contribution in [2.45, 2.75) is 29.5 Å². The summed E-state index contributed by atoms with van der Waals surface area (Å²) < 4.78 is 28.1. The maximum atomic E-state index is 13.1. The Labute approximate surface area is 193 Å². The van der Waals surface area contributed by atoms with E-state index in [-0.39, 0.29) is 6.04 Å². The Morgan fingerprint density at radius 2 is 2.03 bits per heavy atom. The second-order valence-electron chi connectivity index (χ2n) is 7.22. The van der Waals surface area contributed by atoms with Gasteiger partial charge in [-0.05, 0) is 48.7 Å². The first kappa shape index (κ1) is 22.2. The molecule has 0 bridgehead atoms. The van der Waals surface area contributed by atoms with Gasteiger partial charge >= 0.3 is 0 Å². The van der Waals surface area contributed by atoms with Crippen molar-refractivity contribution in [1.29, 1.82) is 0 Å². The largest absolute Gasteiger partial charge is 0.366 e. The highest BCUT2D eigenvalue weighted by Crippen LogP contribution is 2.30. The smallest absolute Gasteiger partial charge is 0.252 e. The number of hydrogen-bond acceptors (Lipinski definition) is 7. The molecule has 1 fully saturated rings. The maximum absolute atomic E-state index is 13.1. The molecule has 1 saturated heterocycles. The van der Waals surface area contributed by atoms with Crippen LogP contribution in [0.15, 0.2) is 46.1 Å². The van der Waals surface area contributed by atoms with Crippen molar-refractivity contribution in [3.05, 3.63) is 62.9 Å². The average molecular weight is 497 g/mol. The van der Waals surface area contributed by atoms with E-state index in [4.69, 9.17) is 17.3 Å². The van der Waals surface area contributed by atoms with Crippen molar-refractivity contribution in [2.24, 2.45) is 5.73 Å². The van der Waals surface area contributed by atoms with Gasteiger partial charge in [0.15, 0.2) is 5.13 Å². The first-order valence-corrected chi connectivity index (χ1v) is 13.2. The number of piperidine rings is 1. The molecule has 1 aromatic carbocycles. The lowest BCUT2D eigenvalue weighted by atomic mass is 10.0. The van der Waals surface area contributed by atoms with Crippen molar-refractivity contribution in [3.8, 4) is 0 Å². The minimum absolute atomic E-state index is 0.214. The number of carbonyl (C=O) groups is 1. The number of thiazole rings is 1. The molecule has 3 heterocycles. The molecule has 0 saturated carbocycles. The number of aromatic nitrogens is 1. The SMILES string of the molecule is NC(=O)c1ccc(Cl)cc1Cc1ccc(S(=O)(=O)N2CCC(Nc3nccs3)CC2)s1. The molecule has 1 amide bonds. The lowest BCUT2D eigenvalue weighted by molar-refractivity contribution is 0.0999. The van der Waals surface area contributed by atoms with Crippen molar-refractivity contribution < 1.29 is 13.2 Å². The lowest BCUT2D eigenvalue weighted by Crippen LogP contribution is -2.42. The maximum Gasteiger partial charge on any atom is 0.252 e. The predicted octanol–water partition coefficient (Wildman–Crippen LogP) is 3.81. The Balaban J connectivity index is 1.44. The molecule has 164 valence electrons. The van der Waals surface area contributed by atoms with E-state index in [1.165, 1.54) is 27.0 Å². The first-order valence-electron chi connectivity index (χ1n) is 9.66. The Morgan fingerprint density at radius 3 is 2.71 bits per heavy atom. The van der Waals surface area contributed by atoms with Crippen molar-refractivity contribution in [1.82, 2.24) is 9.29 Å². The summed E-state index contributed by atoms with van der Waals surface area (Å²) in [5, 5.41) is 6.63. The van der Waals surface area contributed by atoms with Crippen LogP contribution in [0, 0.1) is 0 Å². The second-order valence-corrected chi connectivity index (χ2v) is 11.9. The number of halogens is 1. The van der Waals surface area contributed by atoms with Crippen LogP contribution in [0.5, 0.6) is 0 Å². The number of anilines is 1. The van der Waals surface area contributed by atoms with Crippen LogP contribution in [0.25, 0.3) is 0 Å². The third kappa shape index (κ3) is 5.09. The van der Waals surface area contributed by atoms with Crippen LogP contribution >= 0.6 is 34.3 Å². The molecule has 0 spiro atoms. The number of nitrogens with zero attached hydrogens (tertiary/aromatic N) is 2. The van der Waals surface area contributed by atoms with Crippen LogP contribution in [-0.2, 0) is 16.4 Å².